The number of hydrogen-bond acceptors (Lipinski definition) is 8. The molecule has 0 amide bonds. The van der Waals surface area contributed by atoms with Crippen molar-refractivity contribution in [2.45, 2.75) is 21.3 Å². The number of carbonyl (C=O) groups excluding carboxylic acids is 1. The molecule has 8 nitrogen and oxygen atoms in total. The summed E-state index contributed by atoms with van der Waals surface area (Å²) in [4.78, 5) is 11.4. The second-order valence-corrected chi connectivity index (χ2v) is 10.6. The van der Waals surface area contributed by atoms with Gasteiger partial charge in [0.2, 0.25) is 0 Å². The number of rotatable bonds is 11. The summed E-state index contributed by atoms with van der Waals surface area (Å²) in [5.74, 6) is -8.60. The van der Waals surface area contributed by atoms with Gasteiger partial charge in [-0.05, 0) is 17.5 Å². The van der Waals surface area contributed by atoms with Gasteiger partial charge in [0.15, 0.2) is 5.75 Å². The molecule has 0 aromatic heterocycles. The van der Waals surface area contributed by atoms with Crippen molar-refractivity contribution in [1.29, 1.82) is 0 Å². The van der Waals surface area contributed by atoms with Crippen molar-refractivity contribution >= 4 is 48.7 Å². The average molecular weight is 568 g/mol. The van der Waals surface area contributed by atoms with Gasteiger partial charge in [-0.25, -0.2) is 4.79 Å². The third-order valence-electron chi connectivity index (χ3n) is 4.16. The third-order valence-corrected chi connectivity index (χ3v) is 7.39. The Balaban J connectivity index is 2.43. The van der Waals surface area contributed by atoms with Crippen LogP contribution in [0.15, 0.2) is 53.9 Å². The highest BCUT2D eigenvalue weighted by Gasteiger charge is 2.83. The lowest BCUT2D eigenvalue weighted by molar-refractivity contribution is -0.247. The fraction of sp³-hybridized carbons (Fsp3) is 0.278. The number of hydrogen-bond donors (Lipinski definition) is 1. The summed E-state index contributed by atoms with van der Waals surface area (Å²) in [6, 6.07) is 7.15. The second kappa shape index (κ2) is 9.87. The zero-order valence-electron chi connectivity index (χ0n) is 17.0. The Bertz CT molecular complexity index is 1340. The van der Waals surface area contributed by atoms with E-state index in [4.69, 9.17) is 9.29 Å². The molecule has 35 heavy (non-hydrogen) atoms. The number of ether oxygens (including phenoxy) is 1. The zero-order valence-corrected chi connectivity index (χ0v) is 19.4. The first kappa shape index (κ1) is 28.7. The van der Waals surface area contributed by atoms with Crippen LogP contribution < -0.4 is 4.18 Å². The molecule has 0 radical (unpaired) electrons. The van der Waals surface area contributed by atoms with Gasteiger partial charge in [0, 0.05) is 22.1 Å². The molecule has 0 atom stereocenters. The number of halogens is 6. The fourth-order valence-electron chi connectivity index (χ4n) is 2.45. The van der Waals surface area contributed by atoms with Gasteiger partial charge < -0.3 is 8.92 Å². The number of alkyl halides is 6. The van der Waals surface area contributed by atoms with Crippen LogP contribution in [0.5, 0.6) is 5.75 Å². The molecule has 17 heteroatoms. The highest BCUT2D eigenvalue weighted by molar-refractivity contribution is 7.99. The summed E-state index contributed by atoms with van der Waals surface area (Å²) >= 11 is 1.07. The summed E-state index contributed by atoms with van der Waals surface area (Å²) in [7, 11) is -14.1. The van der Waals surface area contributed by atoms with E-state index in [1.165, 1.54) is 18.2 Å². The molecule has 0 saturated heterocycles. The average Bonchev–Trinajstić information content (AvgIpc) is 2.76. The second-order valence-electron chi connectivity index (χ2n) is 6.45. The van der Waals surface area contributed by atoms with Crippen LogP contribution in [0.2, 0.25) is 0 Å². The summed E-state index contributed by atoms with van der Waals surface area (Å²) in [5.41, 5.74) is 0. The number of benzene rings is 2. The van der Waals surface area contributed by atoms with E-state index in [1.54, 1.807) is 0 Å². The summed E-state index contributed by atoms with van der Waals surface area (Å²) in [5, 5.41) is -13.7. The van der Waals surface area contributed by atoms with Crippen molar-refractivity contribution in [3.05, 3.63) is 49.1 Å². The number of esters is 1. The van der Waals surface area contributed by atoms with E-state index >= 15 is 0 Å². The van der Waals surface area contributed by atoms with Crippen molar-refractivity contribution in [3.63, 3.8) is 0 Å². The van der Waals surface area contributed by atoms with Gasteiger partial charge in [0.1, 0.15) is 6.61 Å². The van der Waals surface area contributed by atoms with E-state index in [2.05, 4.69) is 10.8 Å². The van der Waals surface area contributed by atoms with Gasteiger partial charge in [-0.2, -0.15) is 43.2 Å². The van der Waals surface area contributed by atoms with Crippen LogP contribution in [0.1, 0.15) is 0 Å². The molecule has 0 aliphatic carbocycles. The van der Waals surface area contributed by atoms with Gasteiger partial charge in [0.05, 0.1) is 0 Å². The van der Waals surface area contributed by atoms with Gasteiger partial charge in [0.25, 0.3) is 0 Å². The van der Waals surface area contributed by atoms with E-state index in [9.17, 15) is 48.0 Å². The lowest BCUT2D eigenvalue weighted by Gasteiger charge is -2.29. The molecule has 1 N–H and O–H groups in total. The Morgan fingerprint density at radius 3 is 2.09 bits per heavy atom. The summed E-state index contributed by atoms with van der Waals surface area (Å²) in [6.45, 7) is 3.14. The minimum Gasteiger partial charge on any atom is -0.462 e. The summed E-state index contributed by atoms with van der Waals surface area (Å²) in [6.07, 6.45) is 0.928. The molecule has 2 aromatic rings. The van der Waals surface area contributed by atoms with Crippen LogP contribution >= 0.6 is 11.8 Å². The Morgan fingerprint density at radius 1 is 0.971 bits per heavy atom. The van der Waals surface area contributed by atoms with Gasteiger partial charge in [-0.15, -0.1) is 11.8 Å². The molecule has 2 rings (SSSR count). The molecule has 0 spiro atoms. The van der Waals surface area contributed by atoms with Gasteiger partial charge in [-0.3, -0.25) is 4.55 Å². The minimum absolute atomic E-state index is 0.0697. The first-order valence-corrected chi connectivity index (χ1v) is 12.7. The molecular weight excluding hydrogens is 554 g/mol. The third kappa shape index (κ3) is 5.36. The normalized spacial score (nSPS) is 13.5. The molecule has 194 valence electrons. The predicted octanol–water partition coefficient (Wildman–Crippen LogP) is 4.08. The molecule has 0 aliphatic heterocycles. The largest absolute Gasteiger partial charge is 0.462 e. The van der Waals surface area contributed by atoms with Crippen molar-refractivity contribution in [1.82, 2.24) is 0 Å². The molecule has 0 saturated carbocycles. The molecular formula is C18H14F6O8S3. The van der Waals surface area contributed by atoms with Crippen LogP contribution in [-0.4, -0.2) is 56.1 Å². The Kier molecular flexibility index (Phi) is 8.10. The minimum atomic E-state index is -7.16. The molecule has 0 aliphatic rings. The van der Waals surface area contributed by atoms with Crippen molar-refractivity contribution in [2.24, 2.45) is 0 Å². The molecule has 0 heterocycles. The zero-order chi connectivity index (χ0) is 26.9. The van der Waals surface area contributed by atoms with Crippen molar-refractivity contribution in [3.8, 4) is 5.75 Å². The standard InChI is InChI=1S/C18H14F6O8S3/c1-2-15(25)31-9-10-33-14-8-7-13(11-5-3-4-6-12(11)14)32-35(29,30)18(23,24)16(19,20)17(21,22)34(26,27)28/h2-8H,1,9-10H2,(H,26,27,28). The number of thioether (sulfide) groups is 1. The van der Waals surface area contributed by atoms with E-state index in [0.717, 1.165) is 36.0 Å². The maximum absolute atomic E-state index is 14.1. The molecule has 0 fully saturated rings. The van der Waals surface area contributed by atoms with E-state index in [-0.39, 0.29) is 23.1 Å². The number of carbonyl (C=O) groups is 1. The quantitative estimate of drug-likeness (QED) is 0.0812. The Morgan fingerprint density at radius 2 is 1.54 bits per heavy atom. The molecule has 0 unspecified atom stereocenters. The van der Waals surface area contributed by atoms with Crippen LogP contribution in [0.3, 0.4) is 0 Å². The molecule has 2 aromatic carbocycles. The first-order chi connectivity index (χ1) is 15.9. The van der Waals surface area contributed by atoms with Crippen LogP contribution in [0, 0.1) is 0 Å². The Hall–Kier alpha value is -2.50. The van der Waals surface area contributed by atoms with E-state index < -0.39 is 48.4 Å². The summed E-state index contributed by atoms with van der Waals surface area (Å²) < 4.78 is 144. The van der Waals surface area contributed by atoms with Crippen LogP contribution in [0.25, 0.3) is 10.8 Å². The van der Waals surface area contributed by atoms with Gasteiger partial charge in [-0.1, -0.05) is 30.8 Å². The first-order valence-electron chi connectivity index (χ1n) is 8.89. The van der Waals surface area contributed by atoms with E-state index in [1.807, 2.05) is 0 Å². The number of fused-ring (bicyclic) bond motifs is 1. The van der Waals surface area contributed by atoms with Crippen molar-refractivity contribution < 1.29 is 61.4 Å². The SMILES string of the molecule is C=CC(=O)OCCSc1ccc(OS(=O)(=O)C(F)(F)C(F)(F)C(F)(F)S(=O)(=O)O)c2ccccc12. The highest BCUT2D eigenvalue weighted by atomic mass is 32.2. The smallest absolute Gasteiger partial charge is 0.450 e. The van der Waals surface area contributed by atoms with E-state index in [0.29, 0.717) is 4.90 Å². The fourth-order valence-corrected chi connectivity index (χ4v) is 4.78. The van der Waals surface area contributed by atoms with Crippen LogP contribution in [-0.2, 0) is 29.8 Å². The predicted molar refractivity (Wildman–Crippen MR) is 112 cm³/mol. The monoisotopic (exact) mass is 568 g/mol. The Labute approximate surface area is 198 Å². The highest BCUT2D eigenvalue weighted by Crippen LogP contribution is 2.51. The maximum atomic E-state index is 14.1. The maximum Gasteiger partial charge on any atom is 0.450 e. The van der Waals surface area contributed by atoms with Crippen molar-refractivity contribution in [2.75, 3.05) is 12.4 Å². The lowest BCUT2D eigenvalue weighted by Crippen LogP contribution is -2.61. The lowest BCUT2D eigenvalue weighted by atomic mass is 10.1. The van der Waals surface area contributed by atoms with Gasteiger partial charge >= 0.3 is 42.6 Å². The molecule has 0 bridgehead atoms. The van der Waals surface area contributed by atoms with Crippen LogP contribution in [0.4, 0.5) is 26.3 Å². The topological polar surface area (TPSA) is 124 Å².